The molecule has 1 aromatic heterocycles. The molecule has 0 unspecified atom stereocenters. The Morgan fingerprint density at radius 2 is 2.20 bits per heavy atom. The van der Waals surface area contributed by atoms with Crippen molar-refractivity contribution in [2.75, 3.05) is 20.8 Å². The maximum Gasteiger partial charge on any atom is 0.191 e. The van der Waals surface area contributed by atoms with E-state index in [4.69, 9.17) is 9.47 Å². The van der Waals surface area contributed by atoms with Crippen molar-refractivity contribution >= 4 is 27.7 Å². The predicted molar refractivity (Wildman–Crippen MR) is 82.2 cm³/mol. The lowest BCUT2D eigenvalue weighted by molar-refractivity contribution is 0.184. The second-order valence-corrected chi connectivity index (χ2v) is 5.90. The Labute approximate surface area is 130 Å². The quantitative estimate of drug-likeness (QED) is 0.713. The molecule has 0 saturated carbocycles. The van der Waals surface area contributed by atoms with Crippen LogP contribution in [0.1, 0.15) is 5.56 Å². The molecule has 5 nitrogen and oxygen atoms in total. The molecule has 0 saturated heterocycles. The fourth-order valence-corrected chi connectivity index (χ4v) is 3.03. The molecule has 1 aromatic carbocycles. The third kappa shape index (κ3) is 3.97. The third-order valence-corrected chi connectivity index (χ3v) is 4.24. The van der Waals surface area contributed by atoms with E-state index in [0.717, 1.165) is 33.2 Å². The van der Waals surface area contributed by atoms with Gasteiger partial charge in [0.25, 0.3) is 0 Å². The van der Waals surface area contributed by atoms with Crippen LogP contribution in [0.5, 0.6) is 5.75 Å². The molecular formula is C13H16BrN3O2S. The van der Waals surface area contributed by atoms with E-state index in [-0.39, 0.29) is 0 Å². The zero-order valence-electron chi connectivity index (χ0n) is 11.4. The van der Waals surface area contributed by atoms with Crippen molar-refractivity contribution in [3.05, 3.63) is 34.6 Å². The number of hydrogen-bond donors (Lipinski definition) is 0. The number of thioether (sulfide) groups is 1. The second-order valence-electron chi connectivity index (χ2n) is 4.04. The zero-order valence-corrected chi connectivity index (χ0v) is 13.8. The van der Waals surface area contributed by atoms with Crippen molar-refractivity contribution in [3.8, 4) is 5.75 Å². The van der Waals surface area contributed by atoms with Crippen LogP contribution in [-0.4, -0.2) is 35.6 Å². The third-order valence-electron chi connectivity index (χ3n) is 2.72. The average Bonchev–Trinajstić information content (AvgIpc) is 2.90. The molecule has 0 aliphatic carbocycles. The number of benzene rings is 1. The van der Waals surface area contributed by atoms with Gasteiger partial charge in [0.15, 0.2) is 5.16 Å². The van der Waals surface area contributed by atoms with E-state index in [9.17, 15) is 0 Å². The standard InChI is InChI=1S/C13H16BrN3O2S/c1-18-6-5-17-9-15-16-13(17)20-8-10-7-11(14)3-4-12(10)19-2/h3-4,7,9H,5-6,8H2,1-2H3. The lowest BCUT2D eigenvalue weighted by atomic mass is 10.2. The minimum absolute atomic E-state index is 0.645. The molecule has 0 bridgehead atoms. The van der Waals surface area contributed by atoms with Crippen LogP contribution in [0.15, 0.2) is 34.2 Å². The van der Waals surface area contributed by atoms with Crippen molar-refractivity contribution in [2.24, 2.45) is 0 Å². The van der Waals surface area contributed by atoms with Gasteiger partial charge in [0, 0.05) is 29.4 Å². The molecule has 2 aromatic rings. The monoisotopic (exact) mass is 357 g/mol. The van der Waals surface area contributed by atoms with Crippen molar-refractivity contribution < 1.29 is 9.47 Å². The Hall–Kier alpha value is -1.05. The number of rotatable bonds is 7. The fourth-order valence-electron chi connectivity index (χ4n) is 1.70. The lowest BCUT2D eigenvalue weighted by Crippen LogP contribution is -2.04. The van der Waals surface area contributed by atoms with Crippen LogP contribution in [0.3, 0.4) is 0 Å². The first kappa shape index (κ1) is 15.3. The summed E-state index contributed by atoms with van der Waals surface area (Å²) in [6.07, 6.45) is 1.72. The molecular weight excluding hydrogens is 342 g/mol. The van der Waals surface area contributed by atoms with Gasteiger partial charge in [-0.05, 0) is 18.2 Å². The largest absolute Gasteiger partial charge is 0.496 e. The summed E-state index contributed by atoms with van der Waals surface area (Å²) < 4.78 is 13.5. The van der Waals surface area contributed by atoms with Crippen LogP contribution in [0.2, 0.25) is 0 Å². The summed E-state index contributed by atoms with van der Waals surface area (Å²) in [5, 5.41) is 8.95. The molecule has 20 heavy (non-hydrogen) atoms. The first-order valence-corrected chi connectivity index (χ1v) is 7.84. The first-order valence-electron chi connectivity index (χ1n) is 6.06. The molecule has 7 heteroatoms. The molecule has 0 fully saturated rings. The summed E-state index contributed by atoms with van der Waals surface area (Å²) in [7, 11) is 3.36. The molecule has 0 N–H and O–H groups in total. The summed E-state index contributed by atoms with van der Waals surface area (Å²) in [4.78, 5) is 0. The number of hydrogen-bond acceptors (Lipinski definition) is 5. The highest BCUT2D eigenvalue weighted by molar-refractivity contribution is 9.10. The Bertz CT molecular complexity index is 562. The van der Waals surface area contributed by atoms with E-state index in [1.165, 1.54) is 0 Å². The van der Waals surface area contributed by atoms with Gasteiger partial charge in [-0.2, -0.15) is 0 Å². The van der Waals surface area contributed by atoms with E-state index in [1.54, 1.807) is 32.3 Å². The smallest absolute Gasteiger partial charge is 0.191 e. The van der Waals surface area contributed by atoms with Crippen molar-refractivity contribution in [1.82, 2.24) is 14.8 Å². The number of aromatic nitrogens is 3. The normalized spacial score (nSPS) is 10.8. The number of ether oxygens (including phenoxy) is 2. The molecule has 0 aliphatic heterocycles. The highest BCUT2D eigenvalue weighted by Crippen LogP contribution is 2.29. The molecule has 1 heterocycles. The summed E-state index contributed by atoms with van der Waals surface area (Å²) in [6.45, 7) is 1.40. The number of methoxy groups -OCH3 is 2. The molecule has 0 spiro atoms. The van der Waals surface area contributed by atoms with Gasteiger partial charge in [-0.1, -0.05) is 27.7 Å². The van der Waals surface area contributed by atoms with Gasteiger partial charge in [0.1, 0.15) is 12.1 Å². The molecule has 0 atom stereocenters. The number of nitrogens with zero attached hydrogens (tertiary/aromatic N) is 3. The molecule has 108 valence electrons. The number of halogens is 1. The van der Waals surface area contributed by atoms with Crippen molar-refractivity contribution in [3.63, 3.8) is 0 Å². The minimum Gasteiger partial charge on any atom is -0.496 e. The summed E-state index contributed by atoms with van der Waals surface area (Å²) in [5.74, 6) is 1.65. The predicted octanol–water partition coefficient (Wildman–Crippen LogP) is 2.99. The van der Waals surface area contributed by atoms with Crippen molar-refractivity contribution in [2.45, 2.75) is 17.5 Å². The van der Waals surface area contributed by atoms with Crippen LogP contribution in [0.25, 0.3) is 0 Å². The van der Waals surface area contributed by atoms with Gasteiger partial charge >= 0.3 is 0 Å². The van der Waals surface area contributed by atoms with Gasteiger partial charge in [-0.25, -0.2) is 0 Å². The SMILES string of the molecule is COCCn1cnnc1SCc1cc(Br)ccc1OC. The maximum absolute atomic E-state index is 5.37. The van der Waals surface area contributed by atoms with E-state index in [2.05, 4.69) is 32.2 Å². The maximum atomic E-state index is 5.37. The van der Waals surface area contributed by atoms with Gasteiger partial charge in [-0.15, -0.1) is 10.2 Å². The van der Waals surface area contributed by atoms with Crippen molar-refractivity contribution in [1.29, 1.82) is 0 Å². The highest BCUT2D eigenvalue weighted by Gasteiger charge is 2.09. The Balaban J connectivity index is 2.05. The van der Waals surface area contributed by atoms with Crippen LogP contribution >= 0.6 is 27.7 Å². The lowest BCUT2D eigenvalue weighted by Gasteiger charge is -2.09. The Kier molecular flexibility index (Phi) is 5.87. The molecule has 0 amide bonds. The summed E-state index contributed by atoms with van der Waals surface area (Å²) in [6, 6.07) is 5.98. The zero-order chi connectivity index (χ0) is 14.4. The van der Waals surface area contributed by atoms with Gasteiger partial charge in [0.2, 0.25) is 0 Å². The van der Waals surface area contributed by atoms with E-state index in [1.807, 2.05) is 16.7 Å². The van der Waals surface area contributed by atoms with Gasteiger partial charge < -0.3 is 14.0 Å². The highest BCUT2D eigenvalue weighted by atomic mass is 79.9. The van der Waals surface area contributed by atoms with Gasteiger partial charge in [0.05, 0.1) is 13.7 Å². The van der Waals surface area contributed by atoms with Crippen LogP contribution < -0.4 is 4.74 Å². The van der Waals surface area contributed by atoms with E-state index >= 15 is 0 Å². The topological polar surface area (TPSA) is 49.2 Å². The summed E-state index contributed by atoms with van der Waals surface area (Å²) >= 11 is 5.11. The molecule has 0 aliphatic rings. The first-order chi connectivity index (χ1) is 9.74. The van der Waals surface area contributed by atoms with Crippen LogP contribution in [0.4, 0.5) is 0 Å². The molecule has 0 radical (unpaired) electrons. The van der Waals surface area contributed by atoms with Crippen LogP contribution in [-0.2, 0) is 17.0 Å². The van der Waals surface area contributed by atoms with E-state index < -0.39 is 0 Å². The Morgan fingerprint density at radius 3 is 2.95 bits per heavy atom. The minimum atomic E-state index is 0.645. The molecule has 2 rings (SSSR count). The van der Waals surface area contributed by atoms with Gasteiger partial charge in [-0.3, -0.25) is 0 Å². The summed E-state index contributed by atoms with van der Waals surface area (Å²) in [5.41, 5.74) is 1.12. The fraction of sp³-hybridized carbons (Fsp3) is 0.385. The van der Waals surface area contributed by atoms with E-state index in [0.29, 0.717) is 6.61 Å². The average molecular weight is 358 g/mol. The van der Waals surface area contributed by atoms with Crippen LogP contribution in [0, 0.1) is 0 Å². The second kappa shape index (κ2) is 7.66. The Morgan fingerprint density at radius 1 is 1.35 bits per heavy atom.